The Morgan fingerprint density at radius 3 is 2.72 bits per heavy atom. The van der Waals surface area contributed by atoms with Crippen LogP contribution in [0.15, 0.2) is 6.07 Å². The number of carbonyl (C=O) groups is 1. The van der Waals surface area contributed by atoms with E-state index in [2.05, 4.69) is 31.1 Å². The Kier molecular flexibility index (Phi) is 4.40. The number of aryl methyl sites for hydroxylation is 2. The summed E-state index contributed by atoms with van der Waals surface area (Å²) >= 11 is 1.63. The van der Waals surface area contributed by atoms with E-state index in [4.69, 9.17) is 0 Å². The van der Waals surface area contributed by atoms with Gasteiger partial charge in [-0.3, -0.25) is 4.79 Å². The summed E-state index contributed by atoms with van der Waals surface area (Å²) in [6.07, 6.45) is 3.14. The molecule has 1 amide bonds. The largest absolute Gasteiger partial charge is 0.349 e. The van der Waals surface area contributed by atoms with Gasteiger partial charge in [0.25, 0.3) is 5.91 Å². The fraction of sp³-hybridized carbons (Fsp3) is 0.643. The zero-order chi connectivity index (χ0) is 13.1. The van der Waals surface area contributed by atoms with Crippen molar-refractivity contribution in [3.63, 3.8) is 0 Å². The first-order valence-electron chi connectivity index (χ1n) is 6.69. The van der Waals surface area contributed by atoms with Crippen molar-refractivity contribution in [2.75, 3.05) is 20.1 Å². The average Bonchev–Trinajstić information content (AvgIpc) is 2.73. The van der Waals surface area contributed by atoms with E-state index in [-0.39, 0.29) is 5.91 Å². The summed E-state index contributed by atoms with van der Waals surface area (Å²) in [7, 11) is 2.13. The molecule has 1 aliphatic rings. The fourth-order valence-corrected chi connectivity index (χ4v) is 3.41. The summed E-state index contributed by atoms with van der Waals surface area (Å²) in [6, 6.07) is 2.37. The Balaban J connectivity index is 1.94. The molecule has 1 fully saturated rings. The van der Waals surface area contributed by atoms with Crippen molar-refractivity contribution in [1.29, 1.82) is 0 Å². The summed E-state index contributed by atoms with van der Waals surface area (Å²) < 4.78 is 0. The number of nitrogens with one attached hydrogen (secondary N) is 1. The zero-order valence-electron chi connectivity index (χ0n) is 11.5. The maximum atomic E-state index is 12.2. The van der Waals surface area contributed by atoms with Crippen LogP contribution in [0.3, 0.4) is 0 Å². The molecular weight excluding hydrogens is 244 g/mol. The predicted octanol–water partition coefficient (Wildman–Crippen LogP) is 2.44. The molecule has 1 aromatic heterocycles. The molecule has 0 radical (unpaired) electrons. The Hall–Kier alpha value is -0.870. The van der Waals surface area contributed by atoms with Crippen LogP contribution in [0, 0.1) is 6.92 Å². The maximum Gasteiger partial charge on any atom is 0.261 e. The Bertz CT molecular complexity index is 419. The molecule has 0 atom stereocenters. The number of hydrogen-bond donors (Lipinski definition) is 1. The van der Waals surface area contributed by atoms with Crippen LogP contribution >= 0.6 is 11.3 Å². The molecule has 0 aliphatic carbocycles. The van der Waals surface area contributed by atoms with Crippen molar-refractivity contribution in [1.82, 2.24) is 10.2 Å². The summed E-state index contributed by atoms with van der Waals surface area (Å²) in [6.45, 7) is 6.38. The van der Waals surface area contributed by atoms with Gasteiger partial charge in [0.05, 0.1) is 4.88 Å². The van der Waals surface area contributed by atoms with Crippen molar-refractivity contribution in [2.45, 2.75) is 39.2 Å². The molecule has 0 saturated carbocycles. The van der Waals surface area contributed by atoms with Gasteiger partial charge in [0.1, 0.15) is 0 Å². The highest BCUT2D eigenvalue weighted by molar-refractivity contribution is 7.14. The van der Waals surface area contributed by atoms with E-state index in [1.807, 2.05) is 6.07 Å². The van der Waals surface area contributed by atoms with Crippen molar-refractivity contribution in [3.8, 4) is 0 Å². The molecule has 2 rings (SSSR count). The molecule has 1 aliphatic heterocycles. The molecule has 0 aromatic carbocycles. The maximum absolute atomic E-state index is 12.2. The van der Waals surface area contributed by atoms with Crippen LogP contribution in [0.5, 0.6) is 0 Å². The number of thiophene rings is 1. The molecule has 18 heavy (non-hydrogen) atoms. The van der Waals surface area contributed by atoms with Crippen molar-refractivity contribution in [2.24, 2.45) is 0 Å². The third-order valence-corrected chi connectivity index (χ3v) is 5.00. The Labute approximate surface area is 113 Å². The summed E-state index contributed by atoms with van der Waals surface area (Å²) in [5.74, 6) is 0.109. The highest BCUT2D eigenvalue weighted by Gasteiger charge is 2.20. The topological polar surface area (TPSA) is 32.3 Å². The normalized spacial score (nSPS) is 17.9. The van der Waals surface area contributed by atoms with Crippen molar-refractivity contribution >= 4 is 17.2 Å². The SMILES string of the molecule is CCc1sc(C(=O)NC2CCN(C)CC2)cc1C. The van der Waals surface area contributed by atoms with Gasteiger partial charge in [0, 0.05) is 10.9 Å². The van der Waals surface area contributed by atoms with Crippen LogP contribution in [0.25, 0.3) is 0 Å². The van der Waals surface area contributed by atoms with Crippen LogP contribution in [-0.2, 0) is 6.42 Å². The quantitative estimate of drug-likeness (QED) is 0.911. The number of likely N-dealkylation sites (tertiary alicyclic amines) is 1. The van der Waals surface area contributed by atoms with Gasteiger partial charge in [-0.1, -0.05) is 6.92 Å². The van der Waals surface area contributed by atoms with E-state index in [1.54, 1.807) is 11.3 Å². The van der Waals surface area contributed by atoms with Crippen LogP contribution < -0.4 is 5.32 Å². The van der Waals surface area contributed by atoms with Gasteiger partial charge in [-0.05, 0) is 58.0 Å². The lowest BCUT2D eigenvalue weighted by atomic mass is 10.1. The molecule has 4 heteroatoms. The lowest BCUT2D eigenvalue weighted by Crippen LogP contribution is -2.43. The molecule has 0 bridgehead atoms. The summed E-state index contributed by atoms with van der Waals surface area (Å²) in [4.78, 5) is 16.7. The second-order valence-corrected chi connectivity index (χ2v) is 6.26. The van der Waals surface area contributed by atoms with Crippen molar-refractivity contribution in [3.05, 3.63) is 21.4 Å². The average molecular weight is 266 g/mol. The van der Waals surface area contributed by atoms with E-state index < -0.39 is 0 Å². The van der Waals surface area contributed by atoms with E-state index in [9.17, 15) is 4.79 Å². The predicted molar refractivity (Wildman–Crippen MR) is 76.4 cm³/mol. The second-order valence-electron chi connectivity index (χ2n) is 5.12. The second kappa shape index (κ2) is 5.85. The number of piperidine rings is 1. The molecule has 1 aromatic rings. The lowest BCUT2D eigenvalue weighted by molar-refractivity contribution is 0.0921. The highest BCUT2D eigenvalue weighted by atomic mass is 32.1. The number of rotatable bonds is 3. The summed E-state index contributed by atoms with van der Waals surface area (Å²) in [5, 5.41) is 3.17. The van der Waals surface area contributed by atoms with Crippen LogP contribution in [0.4, 0.5) is 0 Å². The molecule has 3 nitrogen and oxygen atoms in total. The molecule has 1 N–H and O–H groups in total. The monoisotopic (exact) mass is 266 g/mol. The van der Waals surface area contributed by atoms with E-state index in [1.165, 1.54) is 10.4 Å². The van der Waals surface area contributed by atoms with E-state index >= 15 is 0 Å². The first-order chi connectivity index (χ1) is 8.60. The standard InChI is InChI=1S/C14H22N2OS/c1-4-12-10(2)9-13(18-12)14(17)15-11-5-7-16(3)8-6-11/h9,11H,4-8H2,1-3H3,(H,15,17). The van der Waals surface area contributed by atoms with E-state index in [0.29, 0.717) is 6.04 Å². The number of carbonyl (C=O) groups excluding carboxylic acids is 1. The Morgan fingerprint density at radius 2 is 2.17 bits per heavy atom. The van der Waals surface area contributed by atoms with Crippen LogP contribution in [0.2, 0.25) is 0 Å². The molecule has 100 valence electrons. The smallest absolute Gasteiger partial charge is 0.261 e. The summed E-state index contributed by atoms with van der Waals surface area (Å²) in [5.41, 5.74) is 1.25. The minimum Gasteiger partial charge on any atom is -0.349 e. The molecule has 2 heterocycles. The van der Waals surface area contributed by atoms with Gasteiger partial charge in [0.15, 0.2) is 0 Å². The third kappa shape index (κ3) is 3.12. The molecule has 0 spiro atoms. The van der Waals surface area contributed by atoms with Gasteiger partial charge in [0.2, 0.25) is 0 Å². The van der Waals surface area contributed by atoms with Gasteiger partial charge in [-0.25, -0.2) is 0 Å². The highest BCUT2D eigenvalue weighted by Crippen LogP contribution is 2.22. The van der Waals surface area contributed by atoms with Gasteiger partial charge in [-0.15, -0.1) is 11.3 Å². The fourth-order valence-electron chi connectivity index (χ4n) is 2.39. The minimum absolute atomic E-state index is 0.109. The van der Waals surface area contributed by atoms with Gasteiger partial charge < -0.3 is 10.2 Å². The molecule has 0 unspecified atom stereocenters. The van der Waals surface area contributed by atoms with Crippen LogP contribution in [0.1, 0.15) is 39.9 Å². The van der Waals surface area contributed by atoms with Gasteiger partial charge in [-0.2, -0.15) is 0 Å². The minimum atomic E-state index is 0.109. The Morgan fingerprint density at radius 1 is 1.50 bits per heavy atom. The number of amides is 1. The number of hydrogen-bond acceptors (Lipinski definition) is 3. The first-order valence-corrected chi connectivity index (χ1v) is 7.50. The van der Waals surface area contributed by atoms with E-state index in [0.717, 1.165) is 37.2 Å². The lowest BCUT2D eigenvalue weighted by Gasteiger charge is -2.29. The molecule has 1 saturated heterocycles. The first kappa shape index (κ1) is 13.6. The van der Waals surface area contributed by atoms with Crippen LogP contribution in [-0.4, -0.2) is 37.0 Å². The third-order valence-electron chi connectivity index (χ3n) is 3.62. The molecular formula is C14H22N2OS. The van der Waals surface area contributed by atoms with Gasteiger partial charge >= 0.3 is 0 Å². The number of nitrogens with zero attached hydrogens (tertiary/aromatic N) is 1. The zero-order valence-corrected chi connectivity index (χ0v) is 12.3. The van der Waals surface area contributed by atoms with Crippen molar-refractivity contribution < 1.29 is 4.79 Å².